The van der Waals surface area contributed by atoms with Crippen LogP contribution in [0.3, 0.4) is 0 Å². The third-order valence-electron chi connectivity index (χ3n) is 3.29. The number of alkyl halides is 3. The minimum Gasteiger partial charge on any atom is -0.329 e. The highest BCUT2D eigenvalue weighted by molar-refractivity contribution is 7.15. The lowest BCUT2D eigenvalue weighted by Gasteiger charge is -2.28. The molecule has 0 aromatic carbocycles. The Morgan fingerprint density at radius 2 is 2.13 bits per heavy atom. The van der Waals surface area contributed by atoms with Gasteiger partial charge in [0.2, 0.25) is 15.7 Å². The molecule has 23 heavy (non-hydrogen) atoms. The lowest BCUT2D eigenvalue weighted by atomic mass is 10.0. The quantitative estimate of drug-likeness (QED) is 0.825. The summed E-state index contributed by atoms with van der Waals surface area (Å²) in [5.74, 6) is 0. The number of fused-ring (bicyclic) bond motifs is 1. The van der Waals surface area contributed by atoms with Gasteiger partial charge in [-0.25, -0.2) is 4.79 Å². The van der Waals surface area contributed by atoms with Gasteiger partial charge in [0.25, 0.3) is 0 Å². The van der Waals surface area contributed by atoms with Crippen LogP contribution in [0.25, 0.3) is 0 Å². The molecule has 3 heterocycles. The zero-order chi connectivity index (χ0) is 16.6. The molecule has 1 aliphatic rings. The third-order valence-corrected chi connectivity index (χ3v) is 4.17. The van der Waals surface area contributed by atoms with Crippen molar-refractivity contribution in [1.29, 1.82) is 0 Å². The Kier molecular flexibility index (Phi) is 3.80. The molecule has 2 N–H and O–H groups in total. The van der Waals surface area contributed by atoms with Crippen molar-refractivity contribution in [3.63, 3.8) is 0 Å². The first-order chi connectivity index (χ1) is 10.8. The molecule has 0 aliphatic carbocycles. The second-order valence-electron chi connectivity index (χ2n) is 4.86. The number of carbonyl (C=O) groups is 1. The van der Waals surface area contributed by atoms with Crippen LogP contribution in [-0.4, -0.2) is 32.7 Å². The summed E-state index contributed by atoms with van der Waals surface area (Å²) in [7, 11) is 0. The standard InChI is InChI=1S/C12H10F3N5O2S/c13-12(14,15)9-18-19-10(23-9)17-11(22)20-2-1-6-3-8(21)16-4-7(6)5-20/h3-4H,1-2,5H2,(H,16,21)(H,17,19,22). The number of hydrogen-bond donors (Lipinski definition) is 2. The Morgan fingerprint density at radius 3 is 2.83 bits per heavy atom. The molecule has 0 atom stereocenters. The highest BCUT2D eigenvalue weighted by Crippen LogP contribution is 2.33. The van der Waals surface area contributed by atoms with E-state index in [0.29, 0.717) is 13.0 Å². The Bertz CT molecular complexity index is 800. The molecule has 0 saturated carbocycles. The van der Waals surface area contributed by atoms with Gasteiger partial charge in [0, 0.05) is 25.4 Å². The van der Waals surface area contributed by atoms with E-state index < -0.39 is 17.2 Å². The number of nitrogens with zero attached hydrogens (tertiary/aromatic N) is 3. The topological polar surface area (TPSA) is 91.0 Å². The fourth-order valence-electron chi connectivity index (χ4n) is 2.20. The first-order valence-corrected chi connectivity index (χ1v) is 7.32. The Morgan fingerprint density at radius 1 is 1.35 bits per heavy atom. The molecule has 7 nitrogen and oxygen atoms in total. The van der Waals surface area contributed by atoms with Crippen LogP contribution in [0.15, 0.2) is 17.1 Å². The zero-order valence-corrected chi connectivity index (χ0v) is 12.3. The number of anilines is 1. The minimum absolute atomic E-state index is 0.213. The number of H-pyrrole nitrogens is 1. The van der Waals surface area contributed by atoms with Gasteiger partial charge in [-0.05, 0) is 17.5 Å². The summed E-state index contributed by atoms with van der Waals surface area (Å²) in [5.41, 5.74) is 1.43. The maximum Gasteiger partial charge on any atom is 0.445 e. The van der Waals surface area contributed by atoms with Crippen LogP contribution < -0.4 is 10.9 Å². The lowest BCUT2D eigenvalue weighted by molar-refractivity contribution is -0.138. The van der Waals surface area contributed by atoms with E-state index in [2.05, 4.69) is 20.5 Å². The molecule has 2 aromatic rings. The van der Waals surface area contributed by atoms with E-state index >= 15 is 0 Å². The summed E-state index contributed by atoms with van der Waals surface area (Å²) < 4.78 is 37.3. The zero-order valence-electron chi connectivity index (χ0n) is 11.5. The largest absolute Gasteiger partial charge is 0.445 e. The van der Waals surface area contributed by atoms with Crippen LogP contribution in [0.4, 0.5) is 23.1 Å². The lowest BCUT2D eigenvalue weighted by Crippen LogP contribution is -2.39. The number of carbonyl (C=O) groups excluding carboxylic acids is 1. The highest BCUT2D eigenvalue weighted by Gasteiger charge is 2.36. The average Bonchev–Trinajstić information content (AvgIpc) is 2.95. The number of urea groups is 1. The maximum absolute atomic E-state index is 12.4. The summed E-state index contributed by atoms with van der Waals surface area (Å²) >= 11 is 0.266. The van der Waals surface area contributed by atoms with Crippen LogP contribution >= 0.6 is 11.3 Å². The molecule has 2 aromatic heterocycles. The number of aromatic nitrogens is 3. The van der Waals surface area contributed by atoms with Crippen molar-refractivity contribution in [3.8, 4) is 0 Å². The molecule has 0 spiro atoms. The molecule has 122 valence electrons. The first kappa shape index (κ1) is 15.5. The molecule has 11 heteroatoms. The van der Waals surface area contributed by atoms with E-state index in [1.54, 1.807) is 0 Å². The minimum atomic E-state index is -4.59. The van der Waals surface area contributed by atoms with Crippen LogP contribution in [0, 0.1) is 0 Å². The predicted molar refractivity (Wildman–Crippen MR) is 75.1 cm³/mol. The van der Waals surface area contributed by atoms with E-state index in [4.69, 9.17) is 0 Å². The first-order valence-electron chi connectivity index (χ1n) is 6.50. The molecule has 0 fully saturated rings. The number of halogens is 3. The fraction of sp³-hybridized carbons (Fsp3) is 0.333. The van der Waals surface area contributed by atoms with E-state index in [1.165, 1.54) is 17.2 Å². The second-order valence-corrected chi connectivity index (χ2v) is 5.84. The monoisotopic (exact) mass is 345 g/mol. The van der Waals surface area contributed by atoms with E-state index in [-0.39, 0.29) is 28.6 Å². The van der Waals surface area contributed by atoms with Crippen molar-refractivity contribution in [1.82, 2.24) is 20.1 Å². The fourth-order valence-corrected chi connectivity index (χ4v) is 2.80. The van der Waals surface area contributed by atoms with E-state index in [0.717, 1.165) is 11.1 Å². The number of hydrogen-bond acceptors (Lipinski definition) is 5. The molecule has 0 unspecified atom stereocenters. The van der Waals surface area contributed by atoms with Gasteiger partial charge >= 0.3 is 12.2 Å². The SMILES string of the molecule is O=C(Nc1nnc(C(F)(F)F)s1)N1CCc2cc(=O)[nH]cc2C1. The number of amides is 2. The van der Waals surface area contributed by atoms with Crippen molar-refractivity contribution in [2.24, 2.45) is 0 Å². The van der Waals surface area contributed by atoms with Crippen molar-refractivity contribution >= 4 is 22.5 Å². The van der Waals surface area contributed by atoms with Gasteiger partial charge in [0.15, 0.2) is 0 Å². The van der Waals surface area contributed by atoms with Gasteiger partial charge in [0.1, 0.15) is 0 Å². The maximum atomic E-state index is 12.4. The summed E-state index contributed by atoms with van der Waals surface area (Å²) in [5, 5.41) is 7.29. The molecular weight excluding hydrogens is 335 g/mol. The van der Waals surface area contributed by atoms with Gasteiger partial charge in [-0.3, -0.25) is 10.1 Å². The second kappa shape index (κ2) is 5.65. The Labute approximate surface area is 131 Å². The Balaban J connectivity index is 1.69. The smallest absolute Gasteiger partial charge is 0.329 e. The summed E-state index contributed by atoms with van der Waals surface area (Å²) in [6.07, 6.45) is -2.56. The van der Waals surface area contributed by atoms with Gasteiger partial charge in [0.05, 0.1) is 0 Å². The van der Waals surface area contributed by atoms with Crippen molar-refractivity contribution in [2.45, 2.75) is 19.1 Å². The van der Waals surface area contributed by atoms with Crippen molar-refractivity contribution < 1.29 is 18.0 Å². The van der Waals surface area contributed by atoms with Gasteiger partial charge < -0.3 is 9.88 Å². The Hall–Kier alpha value is -2.43. The molecule has 0 bridgehead atoms. The van der Waals surface area contributed by atoms with Crippen molar-refractivity contribution in [3.05, 3.63) is 38.8 Å². The molecular formula is C12H10F3N5O2S. The molecule has 0 saturated heterocycles. The van der Waals surface area contributed by atoms with Crippen molar-refractivity contribution in [2.75, 3.05) is 11.9 Å². The van der Waals surface area contributed by atoms with Crippen LogP contribution in [-0.2, 0) is 19.1 Å². The number of rotatable bonds is 1. The normalized spacial score (nSPS) is 14.5. The summed E-state index contributed by atoms with van der Waals surface area (Å²) in [4.78, 5) is 27.3. The van der Waals surface area contributed by atoms with Gasteiger partial charge in [-0.1, -0.05) is 11.3 Å². The van der Waals surface area contributed by atoms with Gasteiger partial charge in [-0.15, -0.1) is 10.2 Å². The summed E-state index contributed by atoms with van der Waals surface area (Å²) in [6, 6.07) is 0.914. The van der Waals surface area contributed by atoms with Crippen LogP contribution in [0.5, 0.6) is 0 Å². The van der Waals surface area contributed by atoms with E-state index in [9.17, 15) is 22.8 Å². The predicted octanol–water partition coefficient (Wildman–Crippen LogP) is 1.84. The molecule has 3 rings (SSSR count). The van der Waals surface area contributed by atoms with E-state index in [1.807, 2.05) is 0 Å². The van der Waals surface area contributed by atoms with Crippen LogP contribution in [0.2, 0.25) is 0 Å². The molecule has 0 radical (unpaired) electrons. The van der Waals surface area contributed by atoms with Gasteiger partial charge in [-0.2, -0.15) is 13.2 Å². The average molecular weight is 345 g/mol. The molecule has 1 aliphatic heterocycles. The summed E-state index contributed by atoms with van der Waals surface area (Å²) in [6.45, 7) is 0.607. The number of nitrogens with one attached hydrogen (secondary N) is 2. The molecule has 2 amide bonds. The highest BCUT2D eigenvalue weighted by atomic mass is 32.1. The van der Waals surface area contributed by atoms with Crippen LogP contribution in [0.1, 0.15) is 16.1 Å². The number of pyridine rings is 1. The number of aromatic amines is 1. The third kappa shape index (κ3) is 3.33.